The Balaban J connectivity index is 3.91. The van der Waals surface area contributed by atoms with E-state index in [1.807, 2.05) is 21.1 Å². The summed E-state index contributed by atoms with van der Waals surface area (Å²) in [7, 11) is 1.32. The second-order valence-electron chi connectivity index (χ2n) is 28.8. The van der Waals surface area contributed by atoms with Crippen molar-refractivity contribution in [1.29, 1.82) is 0 Å². The number of hydrogen-bond acceptors (Lipinski definition) is 6. The molecule has 0 saturated heterocycles. The van der Waals surface area contributed by atoms with E-state index in [0.29, 0.717) is 23.9 Å². The van der Waals surface area contributed by atoms with Gasteiger partial charge < -0.3 is 28.8 Å². The Morgan fingerprint density at radius 2 is 0.663 bits per heavy atom. The molecule has 0 heterocycles. The van der Waals surface area contributed by atoms with Crippen molar-refractivity contribution < 1.29 is 32.9 Å². The van der Waals surface area contributed by atoms with Crippen molar-refractivity contribution in [2.24, 2.45) is 0 Å². The third-order valence-corrected chi connectivity index (χ3v) is 19.4. The molecular formula is C83H157N2O6P. The summed E-state index contributed by atoms with van der Waals surface area (Å²) in [4.78, 5) is 25.8. The maximum atomic E-state index is 13.1. The third-order valence-electron chi connectivity index (χ3n) is 18.5. The van der Waals surface area contributed by atoms with Gasteiger partial charge in [0, 0.05) is 6.42 Å². The Morgan fingerprint density at radius 3 is 0.967 bits per heavy atom. The zero-order valence-corrected chi connectivity index (χ0v) is 62.9. The first-order chi connectivity index (χ1) is 45.0. The molecule has 0 fully saturated rings. The van der Waals surface area contributed by atoms with Gasteiger partial charge in [-0.05, 0) is 64.2 Å². The number of hydrogen-bond donors (Lipinski definition) is 2. The van der Waals surface area contributed by atoms with Gasteiger partial charge in [-0.2, -0.15) is 0 Å². The van der Waals surface area contributed by atoms with Crippen LogP contribution < -0.4 is 10.2 Å². The largest absolute Gasteiger partial charge is 0.756 e. The van der Waals surface area contributed by atoms with Crippen molar-refractivity contribution in [2.45, 2.75) is 411 Å². The Kier molecular flexibility index (Phi) is 71.6. The highest BCUT2D eigenvalue weighted by Crippen LogP contribution is 2.38. The summed E-state index contributed by atoms with van der Waals surface area (Å²) in [5, 5.41) is 14.2. The van der Waals surface area contributed by atoms with E-state index in [1.54, 1.807) is 0 Å². The highest BCUT2D eigenvalue weighted by Gasteiger charge is 2.24. The van der Waals surface area contributed by atoms with Crippen LogP contribution in [0.4, 0.5) is 0 Å². The van der Waals surface area contributed by atoms with Crippen LogP contribution in [0.3, 0.4) is 0 Å². The summed E-state index contributed by atoms with van der Waals surface area (Å²) in [5.41, 5.74) is 0. The lowest BCUT2D eigenvalue weighted by Crippen LogP contribution is -2.46. The van der Waals surface area contributed by atoms with Crippen LogP contribution in [0.15, 0.2) is 72.9 Å². The van der Waals surface area contributed by atoms with Crippen molar-refractivity contribution in [3.05, 3.63) is 72.9 Å². The molecule has 0 aromatic heterocycles. The number of quaternary nitrogens is 1. The van der Waals surface area contributed by atoms with Gasteiger partial charge >= 0.3 is 0 Å². The molecule has 0 spiro atoms. The van der Waals surface area contributed by atoms with E-state index < -0.39 is 20.0 Å². The molecule has 9 heteroatoms. The number of likely N-dealkylation sites (N-methyl/N-ethyl adjacent to an activating group) is 1. The summed E-state index contributed by atoms with van der Waals surface area (Å²) < 4.78 is 23.6. The van der Waals surface area contributed by atoms with E-state index in [2.05, 4.69) is 92.1 Å². The number of unbranched alkanes of at least 4 members (excludes halogenated alkanes) is 50. The van der Waals surface area contributed by atoms with Crippen LogP contribution in [0.25, 0.3) is 0 Å². The number of allylic oxidation sites excluding steroid dienone is 12. The van der Waals surface area contributed by atoms with Gasteiger partial charge in [0.1, 0.15) is 13.2 Å². The lowest BCUT2D eigenvalue weighted by molar-refractivity contribution is -0.870. The fourth-order valence-electron chi connectivity index (χ4n) is 12.3. The molecular weight excluding hydrogens is 1150 g/mol. The molecule has 0 aliphatic rings. The van der Waals surface area contributed by atoms with Crippen LogP contribution in [0.2, 0.25) is 0 Å². The quantitative estimate of drug-likeness (QED) is 0.0272. The maximum Gasteiger partial charge on any atom is 0.268 e. The lowest BCUT2D eigenvalue weighted by atomic mass is 10.0. The summed E-state index contributed by atoms with van der Waals surface area (Å²) >= 11 is 0. The van der Waals surface area contributed by atoms with Gasteiger partial charge in [0.05, 0.1) is 39.9 Å². The van der Waals surface area contributed by atoms with E-state index in [0.717, 1.165) is 77.0 Å². The minimum Gasteiger partial charge on any atom is -0.756 e. The average Bonchev–Trinajstić information content (AvgIpc) is 2.63. The highest BCUT2D eigenvalue weighted by molar-refractivity contribution is 7.45. The van der Waals surface area contributed by atoms with Crippen molar-refractivity contribution in [3.63, 3.8) is 0 Å². The summed E-state index contributed by atoms with van der Waals surface area (Å²) in [6.07, 6.45) is 103. The number of nitrogens with zero attached hydrogens (tertiary/aromatic N) is 1. The van der Waals surface area contributed by atoms with Gasteiger partial charge in [-0.25, -0.2) is 0 Å². The molecule has 0 aliphatic carbocycles. The van der Waals surface area contributed by atoms with E-state index in [-0.39, 0.29) is 19.1 Å². The molecule has 8 nitrogen and oxygen atoms in total. The lowest BCUT2D eigenvalue weighted by Gasteiger charge is -2.30. The summed E-state index contributed by atoms with van der Waals surface area (Å²) in [5.74, 6) is -0.157. The average molecular weight is 1310 g/mol. The number of nitrogens with one attached hydrogen (secondary N) is 1. The molecule has 3 atom stereocenters. The van der Waals surface area contributed by atoms with Gasteiger partial charge in [-0.15, -0.1) is 0 Å². The highest BCUT2D eigenvalue weighted by atomic mass is 31.2. The number of carbonyl (C=O) groups excluding carboxylic acids is 1. The van der Waals surface area contributed by atoms with Crippen molar-refractivity contribution in [2.75, 3.05) is 40.9 Å². The van der Waals surface area contributed by atoms with E-state index >= 15 is 0 Å². The Morgan fingerprint density at radius 1 is 0.391 bits per heavy atom. The summed E-state index contributed by atoms with van der Waals surface area (Å²) in [6.45, 7) is 4.67. The molecule has 2 N–H and O–H groups in total. The van der Waals surface area contributed by atoms with E-state index in [9.17, 15) is 19.4 Å². The van der Waals surface area contributed by atoms with Crippen LogP contribution in [0, 0.1) is 0 Å². The van der Waals surface area contributed by atoms with Gasteiger partial charge in [0.25, 0.3) is 7.82 Å². The number of aliphatic hydroxyl groups excluding tert-OH is 1. The standard InChI is InChI=1S/C83H157N2O6P/c1-6-8-10-12-14-16-18-20-22-24-26-28-30-32-34-36-37-38-39-40-41-42-43-44-45-46-47-49-51-53-55-57-59-61-63-65-67-69-71-73-75-77-83(87)84-81(80-91-92(88,89)90-79-78-85(3,4)5)82(86)76-74-72-70-68-66-64-62-60-58-56-54-52-50-48-35-33-31-29-27-25-23-21-19-17-15-13-11-9-7-2/h8,10,14,16,20,22,26,28,32,34,37-38,81-82,86H,6-7,9,11-13,15,17-19,21,23-25,27,29-31,33,35-36,39-80H2,1-5H3,(H-,84,87,88,89)/b10-8-,16-14-,22-20-,28-26-,34-32-,38-37-. The minimum absolute atomic E-state index is 0.0134. The van der Waals surface area contributed by atoms with Crippen LogP contribution in [-0.4, -0.2) is 68.5 Å². The Hall–Kier alpha value is -2.06. The molecule has 0 bridgehead atoms. The number of phosphoric ester groups is 1. The predicted molar refractivity (Wildman–Crippen MR) is 404 cm³/mol. The van der Waals surface area contributed by atoms with Gasteiger partial charge in [0.2, 0.25) is 5.91 Å². The van der Waals surface area contributed by atoms with Crippen LogP contribution >= 0.6 is 7.82 Å². The number of rotatable bonds is 75. The first-order valence-corrected chi connectivity index (χ1v) is 41.7. The third kappa shape index (κ3) is 75.3. The summed E-state index contributed by atoms with van der Waals surface area (Å²) in [6, 6.07) is -0.803. The maximum absolute atomic E-state index is 13.1. The topological polar surface area (TPSA) is 108 Å². The molecule has 0 saturated carbocycles. The monoisotopic (exact) mass is 1310 g/mol. The molecule has 3 unspecified atom stereocenters. The second kappa shape index (κ2) is 73.2. The van der Waals surface area contributed by atoms with Crippen LogP contribution in [-0.2, 0) is 18.4 Å². The Labute approximate surface area is 574 Å². The Bertz CT molecular complexity index is 1730. The number of amides is 1. The van der Waals surface area contributed by atoms with Gasteiger partial charge in [0.15, 0.2) is 0 Å². The van der Waals surface area contributed by atoms with Crippen molar-refractivity contribution in [3.8, 4) is 0 Å². The van der Waals surface area contributed by atoms with Crippen molar-refractivity contribution in [1.82, 2.24) is 5.32 Å². The fourth-order valence-corrected chi connectivity index (χ4v) is 13.0. The van der Waals surface area contributed by atoms with Gasteiger partial charge in [-0.3, -0.25) is 9.36 Å². The molecule has 540 valence electrons. The van der Waals surface area contributed by atoms with Crippen molar-refractivity contribution >= 4 is 13.7 Å². The first kappa shape index (κ1) is 89.9. The predicted octanol–water partition coefficient (Wildman–Crippen LogP) is 25.8. The smallest absolute Gasteiger partial charge is 0.268 e. The second-order valence-corrected chi connectivity index (χ2v) is 30.2. The van der Waals surface area contributed by atoms with Crippen LogP contribution in [0.1, 0.15) is 399 Å². The zero-order chi connectivity index (χ0) is 66.9. The molecule has 92 heavy (non-hydrogen) atoms. The van der Waals surface area contributed by atoms with E-state index in [4.69, 9.17) is 9.05 Å². The zero-order valence-electron chi connectivity index (χ0n) is 62.0. The fraction of sp³-hybridized carbons (Fsp3) is 0.843. The normalized spacial score (nSPS) is 13.9. The molecule has 1 amide bonds. The SMILES string of the molecule is CC/C=C\C/C=C\C/C=C\C/C=C\C/C=C\C/C=C\CCCCCCCCCCCCCCCCCCCCCCCCC(=O)NC(COP(=O)([O-])OCC[N+](C)(C)C)C(O)CCCCCCCCCCCCCCCCCCCCCCCCCCCCCCC. The van der Waals surface area contributed by atoms with Crippen LogP contribution in [0.5, 0.6) is 0 Å². The molecule has 0 aromatic carbocycles. The molecule has 0 aromatic rings. The first-order valence-electron chi connectivity index (χ1n) is 40.3. The molecule has 0 aliphatic heterocycles. The number of aliphatic hydroxyl groups is 1. The number of phosphoric acid groups is 1. The molecule has 0 rings (SSSR count). The molecule has 0 radical (unpaired) electrons. The number of carbonyl (C=O) groups is 1. The van der Waals surface area contributed by atoms with E-state index in [1.165, 1.54) is 295 Å². The van der Waals surface area contributed by atoms with Gasteiger partial charge in [-0.1, -0.05) is 401 Å². The minimum atomic E-state index is -4.58.